The number of rotatable bonds is 6. The lowest BCUT2D eigenvalue weighted by Crippen LogP contribution is -2.37. The van der Waals surface area contributed by atoms with Gasteiger partial charge in [0.05, 0.1) is 12.6 Å². The van der Waals surface area contributed by atoms with Crippen molar-refractivity contribution in [1.29, 1.82) is 0 Å². The van der Waals surface area contributed by atoms with Crippen molar-refractivity contribution in [2.75, 3.05) is 25.6 Å². The highest BCUT2D eigenvalue weighted by Crippen LogP contribution is 2.13. The van der Waals surface area contributed by atoms with E-state index in [-0.39, 0.29) is 30.9 Å². The molecule has 0 aliphatic rings. The lowest BCUT2D eigenvalue weighted by Gasteiger charge is -2.18. The molecule has 4 nitrogen and oxygen atoms in total. The summed E-state index contributed by atoms with van der Waals surface area (Å²) in [4.78, 5) is 11.5. The Kier molecular flexibility index (Phi) is 8.62. The van der Waals surface area contributed by atoms with E-state index in [4.69, 9.17) is 0 Å². The van der Waals surface area contributed by atoms with Crippen LogP contribution in [0, 0.1) is 0 Å². The van der Waals surface area contributed by atoms with Crippen LogP contribution in [0.15, 0.2) is 30.3 Å². The zero-order valence-electron chi connectivity index (χ0n) is 10.5. The first-order valence-electron chi connectivity index (χ1n) is 5.42. The summed E-state index contributed by atoms with van der Waals surface area (Å²) in [5, 5.41) is 5.66. The van der Waals surface area contributed by atoms with E-state index in [0.29, 0.717) is 5.75 Å². The number of carbonyl (C=O) groups is 1. The third-order valence-electron chi connectivity index (χ3n) is 2.28. The first-order valence-corrected chi connectivity index (χ1v) is 7.15. The van der Waals surface area contributed by atoms with Gasteiger partial charge in [0.2, 0.25) is 5.91 Å². The minimum absolute atomic E-state index is 0. The quantitative estimate of drug-likeness (QED) is 0.817. The Morgan fingerprint density at radius 3 is 2.44 bits per heavy atom. The summed E-state index contributed by atoms with van der Waals surface area (Å²) in [7, 11) is 0.766. The molecule has 0 spiro atoms. The van der Waals surface area contributed by atoms with Gasteiger partial charge in [-0.15, -0.1) is 12.4 Å². The van der Waals surface area contributed by atoms with Gasteiger partial charge in [-0.05, 0) is 12.6 Å². The second-order valence-electron chi connectivity index (χ2n) is 3.80. The summed E-state index contributed by atoms with van der Waals surface area (Å²) in [6.45, 7) is 0.264. The lowest BCUT2D eigenvalue weighted by molar-refractivity contribution is -0.120. The Morgan fingerprint density at radius 1 is 1.33 bits per heavy atom. The molecule has 0 aliphatic carbocycles. The SMILES string of the molecule is CNCC(=O)NC(CS(C)=O)c1ccccc1.Cl. The second kappa shape index (κ2) is 9.08. The summed E-state index contributed by atoms with van der Waals surface area (Å²) >= 11 is 0. The summed E-state index contributed by atoms with van der Waals surface area (Å²) in [5.41, 5.74) is 0.979. The van der Waals surface area contributed by atoms with E-state index < -0.39 is 10.8 Å². The van der Waals surface area contributed by atoms with Crippen LogP contribution in [0.5, 0.6) is 0 Å². The van der Waals surface area contributed by atoms with Crippen molar-refractivity contribution in [1.82, 2.24) is 10.6 Å². The molecule has 0 bridgehead atoms. The minimum atomic E-state index is -0.952. The number of halogens is 1. The van der Waals surface area contributed by atoms with Crippen molar-refractivity contribution in [2.45, 2.75) is 6.04 Å². The number of hydrogen-bond donors (Lipinski definition) is 2. The van der Waals surface area contributed by atoms with Crippen LogP contribution in [-0.4, -0.2) is 35.7 Å². The van der Waals surface area contributed by atoms with E-state index in [1.54, 1.807) is 13.3 Å². The van der Waals surface area contributed by atoms with Gasteiger partial charge in [-0.25, -0.2) is 0 Å². The molecule has 2 atom stereocenters. The number of carbonyl (C=O) groups excluding carboxylic acids is 1. The molecule has 0 saturated carbocycles. The van der Waals surface area contributed by atoms with Crippen LogP contribution in [0.3, 0.4) is 0 Å². The van der Waals surface area contributed by atoms with Gasteiger partial charge < -0.3 is 10.6 Å². The van der Waals surface area contributed by atoms with Crippen molar-refractivity contribution in [2.24, 2.45) is 0 Å². The van der Waals surface area contributed by atoms with Crippen LogP contribution in [0.1, 0.15) is 11.6 Å². The smallest absolute Gasteiger partial charge is 0.234 e. The van der Waals surface area contributed by atoms with Crippen LogP contribution >= 0.6 is 12.4 Å². The number of benzene rings is 1. The molecule has 0 fully saturated rings. The number of hydrogen-bond acceptors (Lipinski definition) is 3. The molecule has 0 saturated heterocycles. The van der Waals surface area contributed by atoms with Crippen LogP contribution in [0.25, 0.3) is 0 Å². The Balaban J connectivity index is 0.00000289. The van der Waals surface area contributed by atoms with Crippen molar-refractivity contribution >= 4 is 29.1 Å². The summed E-state index contributed by atoms with van der Waals surface area (Å²) in [6, 6.07) is 9.40. The van der Waals surface area contributed by atoms with E-state index in [1.165, 1.54) is 0 Å². The van der Waals surface area contributed by atoms with Crippen molar-refractivity contribution in [3.05, 3.63) is 35.9 Å². The molecule has 0 heterocycles. The fraction of sp³-hybridized carbons (Fsp3) is 0.417. The molecule has 2 unspecified atom stereocenters. The molecule has 0 aromatic heterocycles. The van der Waals surface area contributed by atoms with E-state index in [2.05, 4.69) is 10.6 Å². The van der Waals surface area contributed by atoms with Gasteiger partial charge >= 0.3 is 0 Å². The molecular weight excluding hydrogens is 272 g/mol. The van der Waals surface area contributed by atoms with Crippen LogP contribution in [-0.2, 0) is 15.6 Å². The van der Waals surface area contributed by atoms with Crippen LogP contribution in [0.4, 0.5) is 0 Å². The van der Waals surface area contributed by atoms with E-state index >= 15 is 0 Å². The molecule has 0 aliphatic heterocycles. The van der Waals surface area contributed by atoms with Crippen molar-refractivity contribution in [3.63, 3.8) is 0 Å². The fourth-order valence-electron chi connectivity index (χ4n) is 1.55. The average Bonchev–Trinajstić information content (AvgIpc) is 2.29. The molecular formula is C12H19ClN2O2S. The molecule has 2 N–H and O–H groups in total. The summed E-state index contributed by atoms with van der Waals surface area (Å²) < 4.78 is 11.3. The number of nitrogens with one attached hydrogen (secondary N) is 2. The number of amides is 1. The number of likely N-dealkylation sites (N-methyl/N-ethyl adjacent to an activating group) is 1. The predicted octanol–water partition coefficient (Wildman–Crippen LogP) is 0.864. The molecule has 1 amide bonds. The maximum Gasteiger partial charge on any atom is 0.234 e. The zero-order chi connectivity index (χ0) is 12.7. The third-order valence-corrected chi connectivity index (χ3v) is 3.08. The monoisotopic (exact) mass is 290 g/mol. The van der Waals surface area contributed by atoms with Gasteiger partial charge in [-0.1, -0.05) is 30.3 Å². The van der Waals surface area contributed by atoms with Gasteiger partial charge in [0.15, 0.2) is 0 Å². The van der Waals surface area contributed by atoms with Crippen molar-refractivity contribution < 1.29 is 9.00 Å². The normalized spacial score (nSPS) is 13.2. The highest BCUT2D eigenvalue weighted by Gasteiger charge is 2.15. The zero-order valence-corrected chi connectivity index (χ0v) is 12.1. The Labute approximate surface area is 116 Å². The average molecular weight is 291 g/mol. The Hall–Kier alpha value is -0.910. The second-order valence-corrected chi connectivity index (χ2v) is 5.28. The molecule has 1 aromatic rings. The molecule has 102 valence electrons. The fourth-order valence-corrected chi connectivity index (χ4v) is 2.29. The van der Waals surface area contributed by atoms with Gasteiger partial charge in [0.1, 0.15) is 0 Å². The largest absolute Gasteiger partial charge is 0.347 e. The van der Waals surface area contributed by atoms with E-state index in [0.717, 1.165) is 5.56 Å². The van der Waals surface area contributed by atoms with E-state index in [1.807, 2.05) is 30.3 Å². The molecule has 1 aromatic carbocycles. The van der Waals surface area contributed by atoms with Crippen molar-refractivity contribution in [3.8, 4) is 0 Å². The van der Waals surface area contributed by atoms with Gasteiger partial charge in [0.25, 0.3) is 0 Å². The first kappa shape index (κ1) is 17.1. The molecule has 1 rings (SSSR count). The van der Waals surface area contributed by atoms with Gasteiger partial charge in [-0.3, -0.25) is 9.00 Å². The van der Waals surface area contributed by atoms with E-state index in [9.17, 15) is 9.00 Å². The lowest BCUT2D eigenvalue weighted by atomic mass is 10.1. The highest BCUT2D eigenvalue weighted by atomic mass is 35.5. The standard InChI is InChI=1S/C12H18N2O2S.ClH/c1-13-8-12(15)14-11(9-17(2)16)10-6-4-3-5-7-10;/h3-7,11,13H,8-9H2,1-2H3,(H,14,15);1H. The van der Waals surface area contributed by atoms with Gasteiger partial charge in [0, 0.05) is 22.8 Å². The molecule has 0 radical (unpaired) electrons. The predicted molar refractivity (Wildman–Crippen MR) is 77.4 cm³/mol. The molecule has 18 heavy (non-hydrogen) atoms. The molecule has 6 heteroatoms. The van der Waals surface area contributed by atoms with Crippen LogP contribution in [0.2, 0.25) is 0 Å². The summed E-state index contributed by atoms with van der Waals surface area (Å²) in [6.07, 6.45) is 1.64. The summed E-state index contributed by atoms with van der Waals surface area (Å²) in [5.74, 6) is 0.339. The maximum atomic E-state index is 11.5. The third kappa shape index (κ3) is 6.14. The first-order chi connectivity index (χ1) is 8.13. The Bertz CT molecular complexity index is 387. The Morgan fingerprint density at radius 2 is 1.94 bits per heavy atom. The highest BCUT2D eigenvalue weighted by molar-refractivity contribution is 7.84. The van der Waals surface area contributed by atoms with Crippen LogP contribution < -0.4 is 10.6 Å². The maximum absolute atomic E-state index is 11.5. The van der Waals surface area contributed by atoms with Gasteiger partial charge in [-0.2, -0.15) is 0 Å². The minimum Gasteiger partial charge on any atom is -0.347 e. The topological polar surface area (TPSA) is 58.2 Å².